The van der Waals surface area contributed by atoms with Crippen molar-refractivity contribution in [1.82, 2.24) is 10.6 Å². The largest absolute Gasteiger partial charge is 0.508 e. The van der Waals surface area contributed by atoms with Crippen LogP contribution in [0.3, 0.4) is 0 Å². The molecule has 2 atom stereocenters. The number of carbonyl (C=O) groups excluding carboxylic acids is 2. The lowest BCUT2D eigenvalue weighted by molar-refractivity contribution is -0.125. The number of carbonyl (C=O) groups is 2. The van der Waals surface area contributed by atoms with Gasteiger partial charge in [-0.3, -0.25) is 9.59 Å². The number of nitriles is 1. The van der Waals surface area contributed by atoms with Crippen molar-refractivity contribution in [3.05, 3.63) is 54.1 Å². The lowest BCUT2D eigenvalue weighted by Gasteiger charge is -2.20. The van der Waals surface area contributed by atoms with E-state index in [9.17, 15) is 19.8 Å². The monoisotopic (exact) mass is 353 g/mol. The third kappa shape index (κ3) is 4.82. The van der Waals surface area contributed by atoms with E-state index in [2.05, 4.69) is 10.6 Å². The Kier molecular flexibility index (Phi) is 6.31. The fraction of sp³-hybridized carbons (Fsp3) is 0.211. The highest BCUT2D eigenvalue weighted by Gasteiger charge is 2.25. The highest BCUT2D eigenvalue weighted by atomic mass is 16.3. The fourth-order valence-electron chi connectivity index (χ4n) is 2.33. The van der Waals surface area contributed by atoms with Gasteiger partial charge in [0, 0.05) is 5.56 Å². The molecule has 0 fully saturated rings. The van der Waals surface area contributed by atoms with E-state index >= 15 is 0 Å². The van der Waals surface area contributed by atoms with Crippen LogP contribution in [0.15, 0.2) is 48.5 Å². The zero-order valence-electron chi connectivity index (χ0n) is 14.1. The topological polar surface area (TPSA) is 122 Å². The molecule has 0 spiro atoms. The van der Waals surface area contributed by atoms with Gasteiger partial charge in [0.1, 0.15) is 18.3 Å². The van der Waals surface area contributed by atoms with Gasteiger partial charge in [-0.1, -0.05) is 24.3 Å². The summed E-state index contributed by atoms with van der Waals surface area (Å²) in [5, 5.41) is 32.3. The summed E-state index contributed by atoms with van der Waals surface area (Å²) < 4.78 is 0. The van der Waals surface area contributed by atoms with Crippen LogP contribution in [-0.2, 0) is 4.79 Å². The van der Waals surface area contributed by atoms with Crippen molar-refractivity contribution in [3.63, 3.8) is 0 Å². The maximum absolute atomic E-state index is 12.3. The number of rotatable bonds is 6. The van der Waals surface area contributed by atoms with Crippen molar-refractivity contribution in [1.29, 1.82) is 5.26 Å². The Bertz CT molecular complexity index is 808. The number of aromatic hydroxyl groups is 1. The molecule has 0 heterocycles. The van der Waals surface area contributed by atoms with E-state index < -0.39 is 24.0 Å². The molecule has 2 aromatic carbocycles. The van der Waals surface area contributed by atoms with Crippen LogP contribution in [0.2, 0.25) is 0 Å². The number of nitrogens with one attached hydrogen (secondary N) is 2. The first-order chi connectivity index (χ1) is 12.4. The van der Waals surface area contributed by atoms with Gasteiger partial charge in [0.05, 0.1) is 12.2 Å². The molecule has 0 saturated carbocycles. The van der Waals surface area contributed by atoms with Crippen LogP contribution in [0.4, 0.5) is 0 Å². The van der Waals surface area contributed by atoms with Crippen LogP contribution >= 0.6 is 0 Å². The molecular weight excluding hydrogens is 334 g/mol. The van der Waals surface area contributed by atoms with Gasteiger partial charge in [0.2, 0.25) is 5.91 Å². The molecule has 7 heteroatoms. The van der Waals surface area contributed by atoms with Crippen LogP contribution in [0, 0.1) is 11.3 Å². The summed E-state index contributed by atoms with van der Waals surface area (Å²) in [6.07, 6.45) is -1.12. The average Bonchev–Trinajstić information content (AvgIpc) is 2.64. The van der Waals surface area contributed by atoms with Gasteiger partial charge >= 0.3 is 0 Å². The molecule has 0 saturated heterocycles. The molecule has 2 amide bonds. The number of hydrogen-bond acceptors (Lipinski definition) is 5. The Balaban J connectivity index is 2.09. The standard InChI is InChI=1S/C19H19N3O4/c1-12(23)17(19(26)21-11-10-20)22-18(25)15-4-2-13(3-5-15)14-6-8-16(24)9-7-14/h2-9,12,17,23-24H,11H2,1H3,(H,21,26)(H,22,25)/t12-,17+/m1/s1. The van der Waals surface area contributed by atoms with Gasteiger partial charge in [-0.25, -0.2) is 0 Å². The first-order valence-corrected chi connectivity index (χ1v) is 7.95. The first-order valence-electron chi connectivity index (χ1n) is 7.95. The molecule has 0 bridgehead atoms. The summed E-state index contributed by atoms with van der Waals surface area (Å²) in [4.78, 5) is 24.2. The number of aliphatic hydroxyl groups is 1. The van der Waals surface area contributed by atoms with E-state index in [1.54, 1.807) is 54.6 Å². The van der Waals surface area contributed by atoms with Gasteiger partial charge in [0.15, 0.2) is 0 Å². The van der Waals surface area contributed by atoms with Gasteiger partial charge in [0.25, 0.3) is 5.91 Å². The summed E-state index contributed by atoms with van der Waals surface area (Å²) in [6.45, 7) is 1.17. The Morgan fingerprint density at radius 1 is 1.08 bits per heavy atom. The van der Waals surface area contributed by atoms with Crippen molar-refractivity contribution in [2.24, 2.45) is 0 Å². The maximum atomic E-state index is 12.3. The molecule has 0 unspecified atom stereocenters. The summed E-state index contributed by atoms with van der Waals surface area (Å²) in [6, 6.07) is 14.0. The second-order valence-electron chi connectivity index (χ2n) is 5.69. The SMILES string of the molecule is C[C@@H](O)[C@H](NC(=O)c1ccc(-c2ccc(O)cc2)cc1)C(=O)NCC#N. The second-order valence-corrected chi connectivity index (χ2v) is 5.69. The Hall–Kier alpha value is -3.37. The third-order valence-electron chi connectivity index (χ3n) is 3.74. The molecule has 0 aromatic heterocycles. The normalized spacial score (nSPS) is 12.5. The highest BCUT2D eigenvalue weighted by Crippen LogP contribution is 2.22. The molecule has 134 valence electrons. The molecule has 0 radical (unpaired) electrons. The third-order valence-corrected chi connectivity index (χ3v) is 3.74. The first kappa shape index (κ1) is 19.0. The summed E-state index contributed by atoms with van der Waals surface area (Å²) >= 11 is 0. The summed E-state index contributed by atoms with van der Waals surface area (Å²) in [5.74, 6) is -0.973. The number of aliphatic hydroxyl groups excluding tert-OH is 1. The van der Waals surface area contributed by atoms with Crippen LogP contribution in [0.1, 0.15) is 17.3 Å². The number of hydrogen-bond donors (Lipinski definition) is 4. The van der Waals surface area contributed by atoms with E-state index in [1.807, 2.05) is 0 Å². The molecule has 0 aliphatic heterocycles. The minimum absolute atomic E-state index is 0.170. The molecule has 26 heavy (non-hydrogen) atoms. The summed E-state index contributed by atoms with van der Waals surface area (Å²) in [5.41, 5.74) is 2.07. The van der Waals surface area contributed by atoms with Crippen LogP contribution in [-0.4, -0.2) is 40.7 Å². The number of phenols is 1. The number of benzene rings is 2. The molecule has 0 aliphatic rings. The van der Waals surface area contributed by atoms with Crippen molar-refractivity contribution >= 4 is 11.8 Å². The minimum Gasteiger partial charge on any atom is -0.508 e. The molecule has 4 N–H and O–H groups in total. The summed E-state index contributed by atoms with van der Waals surface area (Å²) in [7, 11) is 0. The predicted octanol–water partition coefficient (Wildman–Crippen LogP) is 1.18. The van der Waals surface area contributed by atoms with Crippen LogP contribution < -0.4 is 10.6 Å². The van der Waals surface area contributed by atoms with E-state index in [0.717, 1.165) is 11.1 Å². The van der Waals surface area contributed by atoms with E-state index in [-0.39, 0.29) is 12.3 Å². The molecule has 2 rings (SSSR count). The average molecular weight is 353 g/mol. The van der Waals surface area contributed by atoms with E-state index in [1.165, 1.54) is 6.92 Å². The Labute approximate surface area is 150 Å². The zero-order valence-corrected chi connectivity index (χ0v) is 14.1. The van der Waals surface area contributed by atoms with Gasteiger partial charge in [-0.05, 0) is 42.3 Å². The highest BCUT2D eigenvalue weighted by molar-refractivity contribution is 5.98. The number of phenolic OH excluding ortho intramolecular Hbond substituents is 1. The smallest absolute Gasteiger partial charge is 0.252 e. The predicted molar refractivity (Wildman–Crippen MR) is 95.1 cm³/mol. The lowest BCUT2D eigenvalue weighted by Crippen LogP contribution is -2.52. The molecular formula is C19H19N3O4. The molecule has 0 aliphatic carbocycles. The lowest BCUT2D eigenvalue weighted by atomic mass is 10.0. The number of nitrogens with zero attached hydrogens (tertiary/aromatic N) is 1. The van der Waals surface area contributed by atoms with Crippen molar-refractivity contribution < 1.29 is 19.8 Å². The minimum atomic E-state index is -1.16. The Morgan fingerprint density at radius 2 is 1.62 bits per heavy atom. The van der Waals surface area contributed by atoms with E-state index in [4.69, 9.17) is 5.26 Å². The van der Waals surface area contributed by atoms with Crippen molar-refractivity contribution in [2.45, 2.75) is 19.1 Å². The van der Waals surface area contributed by atoms with E-state index in [0.29, 0.717) is 5.56 Å². The fourth-order valence-corrected chi connectivity index (χ4v) is 2.33. The molecule has 2 aromatic rings. The van der Waals surface area contributed by atoms with Crippen LogP contribution in [0.5, 0.6) is 5.75 Å². The molecule has 7 nitrogen and oxygen atoms in total. The maximum Gasteiger partial charge on any atom is 0.252 e. The van der Waals surface area contributed by atoms with Crippen molar-refractivity contribution in [3.8, 4) is 22.9 Å². The number of amides is 2. The second kappa shape index (κ2) is 8.65. The van der Waals surface area contributed by atoms with Gasteiger partial charge in [-0.2, -0.15) is 5.26 Å². The van der Waals surface area contributed by atoms with Gasteiger partial charge in [-0.15, -0.1) is 0 Å². The Morgan fingerprint density at radius 3 is 2.12 bits per heavy atom. The van der Waals surface area contributed by atoms with Crippen LogP contribution in [0.25, 0.3) is 11.1 Å². The quantitative estimate of drug-likeness (QED) is 0.581. The van der Waals surface area contributed by atoms with Crippen molar-refractivity contribution in [2.75, 3.05) is 6.54 Å². The van der Waals surface area contributed by atoms with Gasteiger partial charge < -0.3 is 20.8 Å². The zero-order chi connectivity index (χ0) is 19.1.